The van der Waals surface area contributed by atoms with Crippen molar-refractivity contribution in [3.05, 3.63) is 40.1 Å². The van der Waals surface area contributed by atoms with Crippen LogP contribution in [-0.4, -0.2) is 15.9 Å². The monoisotopic (exact) mass is 432 g/mol. The predicted molar refractivity (Wildman–Crippen MR) is 126 cm³/mol. The van der Waals surface area contributed by atoms with E-state index in [0.29, 0.717) is 29.8 Å². The van der Waals surface area contributed by atoms with Gasteiger partial charge in [-0.15, -0.1) is 4.91 Å². The van der Waals surface area contributed by atoms with Crippen LogP contribution in [0.25, 0.3) is 11.3 Å². The highest BCUT2D eigenvalue weighted by molar-refractivity contribution is 5.91. The van der Waals surface area contributed by atoms with Crippen LogP contribution in [0.3, 0.4) is 0 Å². The van der Waals surface area contributed by atoms with E-state index in [2.05, 4.69) is 10.5 Å². The summed E-state index contributed by atoms with van der Waals surface area (Å²) in [5.41, 5.74) is 5.41. The molecule has 5 rings (SSSR count). The lowest BCUT2D eigenvalue weighted by molar-refractivity contribution is -0.117. The maximum Gasteiger partial charge on any atom is 0.225 e. The summed E-state index contributed by atoms with van der Waals surface area (Å²) >= 11 is 0. The molecule has 3 aliphatic carbocycles. The molecule has 168 valence electrons. The number of anilines is 1. The van der Waals surface area contributed by atoms with E-state index in [0.717, 1.165) is 66.7 Å². The van der Waals surface area contributed by atoms with Crippen LogP contribution in [0.2, 0.25) is 0 Å². The highest BCUT2D eigenvalue weighted by atomic mass is 16.3. The fourth-order valence-corrected chi connectivity index (χ4v) is 5.79. The molecule has 0 atom stereocenters. The fraction of sp³-hybridized carbons (Fsp3) is 0.577. The first-order valence-electron chi connectivity index (χ1n) is 12.4. The number of aromatic nitrogens is 2. The molecule has 1 heterocycles. The number of hydrogen-bond donors (Lipinski definition) is 1. The number of carbonyl (C=O) groups excluding carboxylic acids is 1. The molecule has 0 aliphatic heterocycles. The van der Waals surface area contributed by atoms with Gasteiger partial charge in [-0.25, -0.2) is 9.97 Å². The molecule has 1 aromatic heterocycles. The highest BCUT2D eigenvalue weighted by Gasteiger charge is 2.28. The molecule has 1 amide bonds. The molecule has 32 heavy (non-hydrogen) atoms. The number of carbonyl (C=O) groups is 1. The minimum absolute atomic E-state index is 0.0844. The molecule has 0 saturated heterocycles. The maximum absolute atomic E-state index is 12.9. The number of benzene rings is 1. The fourth-order valence-electron chi connectivity index (χ4n) is 5.79. The lowest BCUT2D eigenvalue weighted by Gasteiger charge is -2.27. The second-order valence-corrected chi connectivity index (χ2v) is 9.78. The number of nitroso groups, excluding NO2 is 1. The van der Waals surface area contributed by atoms with Crippen LogP contribution in [0.15, 0.2) is 23.4 Å². The van der Waals surface area contributed by atoms with Gasteiger partial charge in [0, 0.05) is 17.9 Å². The van der Waals surface area contributed by atoms with Crippen molar-refractivity contribution in [1.82, 2.24) is 9.97 Å². The second kappa shape index (κ2) is 9.47. The number of aryl methyl sites for hydroxylation is 2. The Morgan fingerprint density at radius 2 is 1.72 bits per heavy atom. The molecule has 2 saturated carbocycles. The van der Waals surface area contributed by atoms with E-state index in [1.165, 1.54) is 38.5 Å². The van der Waals surface area contributed by atoms with Gasteiger partial charge in [-0.05, 0) is 67.3 Å². The Balaban J connectivity index is 1.47. The van der Waals surface area contributed by atoms with E-state index in [1.54, 1.807) is 6.07 Å². The van der Waals surface area contributed by atoms with Gasteiger partial charge >= 0.3 is 0 Å². The van der Waals surface area contributed by atoms with Crippen molar-refractivity contribution < 1.29 is 4.79 Å². The minimum atomic E-state index is 0.0844. The van der Waals surface area contributed by atoms with Crippen LogP contribution in [0.4, 0.5) is 11.5 Å². The Labute approximate surface area is 189 Å². The molecular formula is C26H32N4O2. The van der Waals surface area contributed by atoms with Gasteiger partial charge in [0.15, 0.2) is 5.82 Å². The first-order valence-corrected chi connectivity index (χ1v) is 12.4. The Morgan fingerprint density at radius 1 is 0.969 bits per heavy atom. The molecule has 3 aliphatic rings. The van der Waals surface area contributed by atoms with Crippen LogP contribution in [-0.2, 0) is 17.6 Å². The summed E-state index contributed by atoms with van der Waals surface area (Å²) in [7, 11) is 0. The molecular weight excluding hydrogens is 400 g/mol. The average Bonchev–Trinajstić information content (AvgIpc) is 2.84. The number of rotatable bonds is 5. The predicted octanol–water partition coefficient (Wildman–Crippen LogP) is 6.60. The standard InChI is InChI=1S/C26H32N4O2/c31-23(15-17-7-3-1-4-8-17)28-26-24(18-9-5-2-6-10-18)29-25-21-13-12-20(30-32)16-19(21)11-14-22(25)27-26/h12-13,16-18H,1-11,14-15H2,(H,27,28,31). The molecule has 1 aromatic carbocycles. The third-order valence-corrected chi connectivity index (χ3v) is 7.52. The van der Waals surface area contributed by atoms with Crippen molar-refractivity contribution in [3.63, 3.8) is 0 Å². The molecule has 0 radical (unpaired) electrons. The highest BCUT2D eigenvalue weighted by Crippen LogP contribution is 2.40. The Kier molecular flexibility index (Phi) is 6.28. The largest absolute Gasteiger partial charge is 0.309 e. The molecule has 0 spiro atoms. The quantitative estimate of drug-likeness (QED) is 0.540. The second-order valence-electron chi connectivity index (χ2n) is 9.78. The summed E-state index contributed by atoms with van der Waals surface area (Å²) in [6, 6.07) is 5.57. The minimum Gasteiger partial charge on any atom is -0.309 e. The topological polar surface area (TPSA) is 84.3 Å². The van der Waals surface area contributed by atoms with Gasteiger partial charge in [-0.3, -0.25) is 4.79 Å². The van der Waals surface area contributed by atoms with Gasteiger partial charge in [-0.2, -0.15) is 0 Å². The average molecular weight is 433 g/mol. The number of fused-ring (bicyclic) bond motifs is 3. The number of hydrogen-bond acceptors (Lipinski definition) is 5. The summed E-state index contributed by atoms with van der Waals surface area (Å²) in [6.45, 7) is 0. The van der Waals surface area contributed by atoms with Gasteiger partial charge < -0.3 is 5.32 Å². The molecule has 1 N–H and O–H groups in total. The van der Waals surface area contributed by atoms with Gasteiger partial charge in [0.2, 0.25) is 5.91 Å². The Bertz CT molecular complexity index is 1010. The molecule has 0 unspecified atom stereocenters. The summed E-state index contributed by atoms with van der Waals surface area (Å²) in [5.74, 6) is 1.61. The lowest BCUT2D eigenvalue weighted by atomic mass is 9.85. The van der Waals surface area contributed by atoms with Crippen LogP contribution < -0.4 is 5.32 Å². The lowest BCUT2D eigenvalue weighted by Crippen LogP contribution is -2.22. The van der Waals surface area contributed by atoms with Crippen molar-refractivity contribution in [2.45, 2.75) is 89.4 Å². The van der Waals surface area contributed by atoms with E-state index in [4.69, 9.17) is 9.97 Å². The van der Waals surface area contributed by atoms with Crippen LogP contribution in [0.1, 0.15) is 93.5 Å². The third kappa shape index (κ3) is 4.45. The number of amides is 1. The van der Waals surface area contributed by atoms with Crippen molar-refractivity contribution in [3.8, 4) is 11.3 Å². The van der Waals surface area contributed by atoms with Gasteiger partial charge in [0.1, 0.15) is 5.69 Å². The van der Waals surface area contributed by atoms with Crippen molar-refractivity contribution in [2.75, 3.05) is 5.32 Å². The normalized spacial score (nSPS) is 19.1. The molecule has 2 fully saturated rings. The summed E-state index contributed by atoms with van der Waals surface area (Å²) in [6.07, 6.45) is 14.1. The summed E-state index contributed by atoms with van der Waals surface area (Å²) in [5, 5.41) is 6.27. The zero-order chi connectivity index (χ0) is 21.9. The van der Waals surface area contributed by atoms with E-state index < -0.39 is 0 Å². The van der Waals surface area contributed by atoms with Gasteiger partial charge in [0.25, 0.3) is 0 Å². The SMILES string of the molecule is O=Nc1ccc2c(c1)CCc1nc(NC(=O)CC3CCCCC3)c(C3CCCCC3)nc1-2. The Hall–Kier alpha value is -2.63. The number of nitrogens with one attached hydrogen (secondary N) is 1. The van der Waals surface area contributed by atoms with Gasteiger partial charge in [-0.1, -0.05) is 44.6 Å². The van der Waals surface area contributed by atoms with Crippen molar-refractivity contribution in [1.29, 1.82) is 0 Å². The maximum atomic E-state index is 12.9. The first-order chi connectivity index (χ1) is 15.7. The van der Waals surface area contributed by atoms with Crippen molar-refractivity contribution in [2.24, 2.45) is 11.1 Å². The van der Waals surface area contributed by atoms with Crippen LogP contribution in [0.5, 0.6) is 0 Å². The zero-order valence-electron chi connectivity index (χ0n) is 18.7. The van der Waals surface area contributed by atoms with E-state index >= 15 is 0 Å². The molecule has 6 nitrogen and oxygen atoms in total. The Morgan fingerprint density at radius 3 is 2.47 bits per heavy atom. The van der Waals surface area contributed by atoms with Crippen LogP contribution >= 0.6 is 0 Å². The van der Waals surface area contributed by atoms with E-state index in [1.807, 2.05) is 12.1 Å². The van der Waals surface area contributed by atoms with Gasteiger partial charge in [0.05, 0.1) is 17.1 Å². The third-order valence-electron chi connectivity index (χ3n) is 7.52. The smallest absolute Gasteiger partial charge is 0.225 e. The zero-order valence-corrected chi connectivity index (χ0v) is 18.7. The molecule has 2 aromatic rings. The molecule has 0 bridgehead atoms. The summed E-state index contributed by atoms with van der Waals surface area (Å²) in [4.78, 5) is 34.0. The van der Waals surface area contributed by atoms with Crippen LogP contribution in [0, 0.1) is 10.8 Å². The first kappa shape index (κ1) is 21.2. The summed E-state index contributed by atoms with van der Waals surface area (Å²) < 4.78 is 0. The van der Waals surface area contributed by atoms with Crippen molar-refractivity contribution >= 4 is 17.4 Å². The van der Waals surface area contributed by atoms with E-state index in [-0.39, 0.29) is 5.91 Å². The van der Waals surface area contributed by atoms with E-state index in [9.17, 15) is 9.70 Å². The molecule has 6 heteroatoms. The number of nitrogens with zero attached hydrogens (tertiary/aromatic N) is 3.